The first kappa shape index (κ1) is 9.94. The molecule has 0 radical (unpaired) electrons. The Morgan fingerprint density at radius 1 is 1.43 bits per heavy atom. The van der Waals surface area contributed by atoms with Crippen molar-refractivity contribution in [3.05, 3.63) is 34.1 Å². The smallest absolute Gasteiger partial charge is 0.126 e. The molecule has 1 fully saturated rings. The Morgan fingerprint density at radius 2 is 2.07 bits per heavy atom. The monoisotopic (exact) mass is 213 g/mol. The van der Waals surface area contributed by atoms with E-state index >= 15 is 0 Å². The summed E-state index contributed by atoms with van der Waals surface area (Å²) in [6, 6.07) is 3.50. The Morgan fingerprint density at radius 3 is 2.64 bits per heavy atom. The van der Waals surface area contributed by atoms with Crippen LogP contribution in [-0.2, 0) is 0 Å². The topological polar surface area (TPSA) is 26.0 Å². The van der Waals surface area contributed by atoms with Crippen LogP contribution in [0.4, 0.5) is 4.39 Å². The van der Waals surface area contributed by atoms with Crippen molar-refractivity contribution >= 4 is 11.6 Å². The van der Waals surface area contributed by atoms with E-state index in [2.05, 4.69) is 0 Å². The minimum atomic E-state index is -0.176. The third kappa shape index (κ3) is 1.64. The maximum absolute atomic E-state index is 13.3. The number of benzene rings is 1. The van der Waals surface area contributed by atoms with E-state index in [1.54, 1.807) is 19.1 Å². The van der Waals surface area contributed by atoms with Crippen molar-refractivity contribution in [1.29, 1.82) is 0 Å². The van der Waals surface area contributed by atoms with E-state index in [0.717, 1.165) is 18.4 Å². The van der Waals surface area contributed by atoms with Crippen molar-refractivity contribution in [1.82, 2.24) is 0 Å². The third-order valence-electron chi connectivity index (χ3n) is 2.89. The summed E-state index contributed by atoms with van der Waals surface area (Å²) in [4.78, 5) is 0. The van der Waals surface area contributed by atoms with Gasteiger partial charge in [-0.1, -0.05) is 11.6 Å². The Bertz CT molecular complexity index is 359. The van der Waals surface area contributed by atoms with Gasteiger partial charge in [-0.2, -0.15) is 0 Å². The molecule has 1 aliphatic carbocycles. The second kappa shape index (κ2) is 3.52. The van der Waals surface area contributed by atoms with E-state index in [1.165, 1.54) is 0 Å². The van der Waals surface area contributed by atoms with Gasteiger partial charge in [-0.05, 0) is 48.9 Å². The Hall–Kier alpha value is -0.600. The molecule has 0 atom stereocenters. The first-order valence-electron chi connectivity index (χ1n) is 4.79. The van der Waals surface area contributed by atoms with E-state index in [-0.39, 0.29) is 11.9 Å². The highest BCUT2D eigenvalue weighted by molar-refractivity contribution is 6.31. The summed E-state index contributed by atoms with van der Waals surface area (Å²) in [5.41, 5.74) is 7.20. The van der Waals surface area contributed by atoms with Crippen LogP contribution in [-0.4, -0.2) is 6.04 Å². The largest absolute Gasteiger partial charge is 0.328 e. The molecule has 1 aliphatic rings. The Kier molecular flexibility index (Phi) is 2.50. The molecule has 0 amide bonds. The molecule has 1 saturated carbocycles. The van der Waals surface area contributed by atoms with Crippen LogP contribution in [0.25, 0.3) is 0 Å². The van der Waals surface area contributed by atoms with Gasteiger partial charge in [-0.15, -0.1) is 0 Å². The first-order chi connectivity index (χ1) is 6.58. The summed E-state index contributed by atoms with van der Waals surface area (Å²) >= 11 is 6.05. The van der Waals surface area contributed by atoms with Crippen molar-refractivity contribution in [2.24, 2.45) is 5.73 Å². The lowest BCUT2D eigenvalue weighted by atomic mass is 9.76. The molecular formula is C11H13ClFN. The van der Waals surface area contributed by atoms with Gasteiger partial charge in [0.15, 0.2) is 0 Å². The standard InChI is InChI=1S/C11H13ClFN/c1-6-2-10(12)9(5-11(6)13)7-3-8(14)4-7/h2,5,7-8H,3-4,14H2,1H3. The van der Waals surface area contributed by atoms with Crippen molar-refractivity contribution in [3.8, 4) is 0 Å². The summed E-state index contributed by atoms with van der Waals surface area (Å²) in [7, 11) is 0. The Balaban J connectivity index is 2.30. The van der Waals surface area contributed by atoms with Gasteiger partial charge in [0.2, 0.25) is 0 Å². The fourth-order valence-electron chi connectivity index (χ4n) is 1.89. The van der Waals surface area contributed by atoms with Gasteiger partial charge in [0.25, 0.3) is 0 Å². The van der Waals surface area contributed by atoms with Gasteiger partial charge < -0.3 is 5.73 Å². The molecule has 0 spiro atoms. The van der Waals surface area contributed by atoms with Gasteiger partial charge in [-0.3, -0.25) is 0 Å². The van der Waals surface area contributed by atoms with Crippen LogP contribution >= 0.6 is 11.6 Å². The molecule has 0 aliphatic heterocycles. The molecule has 1 aromatic rings. The van der Waals surface area contributed by atoms with Crippen LogP contribution < -0.4 is 5.73 Å². The number of hydrogen-bond acceptors (Lipinski definition) is 1. The van der Waals surface area contributed by atoms with E-state index in [9.17, 15) is 4.39 Å². The molecule has 0 unspecified atom stereocenters. The lowest BCUT2D eigenvalue weighted by molar-refractivity contribution is 0.350. The molecule has 2 N–H and O–H groups in total. The molecule has 76 valence electrons. The summed E-state index contributed by atoms with van der Waals surface area (Å²) in [6.07, 6.45) is 1.84. The van der Waals surface area contributed by atoms with Crippen molar-refractivity contribution in [2.75, 3.05) is 0 Å². The number of aryl methyl sites for hydroxylation is 1. The molecule has 1 aromatic carbocycles. The average molecular weight is 214 g/mol. The maximum atomic E-state index is 13.3. The number of rotatable bonds is 1. The van der Waals surface area contributed by atoms with Crippen LogP contribution in [0.2, 0.25) is 5.02 Å². The number of nitrogens with two attached hydrogens (primary N) is 1. The lowest BCUT2D eigenvalue weighted by Gasteiger charge is -2.33. The minimum Gasteiger partial charge on any atom is -0.328 e. The van der Waals surface area contributed by atoms with Crippen molar-refractivity contribution < 1.29 is 4.39 Å². The normalized spacial score (nSPS) is 26.0. The molecule has 1 nitrogen and oxygen atoms in total. The molecule has 0 bridgehead atoms. The van der Waals surface area contributed by atoms with E-state index in [0.29, 0.717) is 16.5 Å². The van der Waals surface area contributed by atoms with Crippen molar-refractivity contribution in [2.45, 2.75) is 31.7 Å². The Labute approximate surface area is 88.1 Å². The first-order valence-corrected chi connectivity index (χ1v) is 5.17. The summed E-state index contributed by atoms with van der Waals surface area (Å²) in [6.45, 7) is 1.72. The second-order valence-corrected chi connectivity index (χ2v) is 4.46. The predicted octanol–water partition coefficient (Wildman–Crippen LogP) is 2.99. The molecule has 0 saturated heterocycles. The lowest BCUT2D eigenvalue weighted by Crippen LogP contribution is -2.34. The van der Waals surface area contributed by atoms with Gasteiger partial charge in [0.05, 0.1) is 0 Å². The number of halogens is 2. The fraction of sp³-hybridized carbons (Fsp3) is 0.455. The van der Waals surface area contributed by atoms with Gasteiger partial charge in [-0.25, -0.2) is 4.39 Å². The SMILES string of the molecule is Cc1cc(Cl)c(C2CC(N)C2)cc1F. The van der Waals surface area contributed by atoms with Gasteiger partial charge >= 0.3 is 0 Å². The van der Waals surface area contributed by atoms with Crippen LogP contribution in [0.1, 0.15) is 29.9 Å². The highest BCUT2D eigenvalue weighted by atomic mass is 35.5. The zero-order valence-electron chi connectivity index (χ0n) is 8.06. The molecular weight excluding hydrogens is 201 g/mol. The highest BCUT2D eigenvalue weighted by Gasteiger charge is 2.29. The predicted molar refractivity (Wildman–Crippen MR) is 56.1 cm³/mol. The van der Waals surface area contributed by atoms with Gasteiger partial charge in [0.1, 0.15) is 5.82 Å². The van der Waals surface area contributed by atoms with E-state index in [1.807, 2.05) is 0 Å². The van der Waals surface area contributed by atoms with E-state index in [4.69, 9.17) is 17.3 Å². The van der Waals surface area contributed by atoms with Crippen LogP contribution in [0, 0.1) is 12.7 Å². The van der Waals surface area contributed by atoms with Crippen LogP contribution in [0.15, 0.2) is 12.1 Å². The third-order valence-corrected chi connectivity index (χ3v) is 3.22. The van der Waals surface area contributed by atoms with Gasteiger partial charge in [0, 0.05) is 11.1 Å². The van der Waals surface area contributed by atoms with Crippen LogP contribution in [0.3, 0.4) is 0 Å². The van der Waals surface area contributed by atoms with E-state index < -0.39 is 0 Å². The fourth-order valence-corrected chi connectivity index (χ4v) is 2.26. The zero-order valence-corrected chi connectivity index (χ0v) is 8.81. The summed E-state index contributed by atoms with van der Waals surface area (Å²) in [5.74, 6) is 0.178. The molecule has 3 heteroatoms. The summed E-state index contributed by atoms with van der Waals surface area (Å²) in [5, 5.41) is 0.667. The summed E-state index contributed by atoms with van der Waals surface area (Å²) < 4.78 is 13.3. The molecule has 0 aromatic heterocycles. The van der Waals surface area contributed by atoms with Crippen LogP contribution in [0.5, 0.6) is 0 Å². The molecule has 0 heterocycles. The average Bonchev–Trinajstić information content (AvgIpc) is 2.07. The second-order valence-electron chi connectivity index (χ2n) is 4.05. The quantitative estimate of drug-likeness (QED) is 0.763. The molecule has 14 heavy (non-hydrogen) atoms. The highest BCUT2D eigenvalue weighted by Crippen LogP contribution is 2.39. The van der Waals surface area contributed by atoms with Crippen molar-refractivity contribution in [3.63, 3.8) is 0 Å². The molecule has 2 rings (SSSR count). The minimum absolute atomic E-state index is 0.176. The number of hydrogen-bond donors (Lipinski definition) is 1. The maximum Gasteiger partial charge on any atom is 0.126 e. The zero-order chi connectivity index (χ0) is 10.3.